The van der Waals surface area contributed by atoms with Crippen LogP contribution in [0.25, 0.3) is 0 Å². The van der Waals surface area contributed by atoms with Crippen LogP contribution >= 0.6 is 23.2 Å². The number of carbonyl (C=O) groups excluding carboxylic acids is 3. The van der Waals surface area contributed by atoms with Crippen molar-refractivity contribution in [1.29, 1.82) is 0 Å². The first-order valence-corrected chi connectivity index (χ1v) is 6.39. The first kappa shape index (κ1) is 14.6. The molecule has 2 rings (SSSR count). The second kappa shape index (κ2) is 6.11. The number of halogens is 2. The topological polar surface area (TPSA) is 75.7 Å². The number of benzene rings is 1. The predicted octanol–water partition coefficient (Wildman–Crippen LogP) is 0.857. The van der Waals surface area contributed by atoms with Crippen LogP contribution in [0.3, 0.4) is 0 Å². The van der Waals surface area contributed by atoms with Gasteiger partial charge in [0.2, 0.25) is 11.8 Å². The van der Waals surface area contributed by atoms with Crippen molar-refractivity contribution in [3.8, 4) is 5.75 Å². The first-order chi connectivity index (χ1) is 9.45. The standard InChI is InChI=1S/C12H10Cl2N2O4/c13-8-2-1-7(3-9(8)14)20-6-12(19)16-4-10(17)15-11(18)5-16/h1-3H,4-6H2,(H,15,17,18). The molecule has 6 nitrogen and oxygen atoms in total. The Kier molecular flexibility index (Phi) is 4.46. The summed E-state index contributed by atoms with van der Waals surface area (Å²) in [5, 5.41) is 2.79. The molecule has 1 aliphatic rings. The number of carbonyl (C=O) groups is 3. The van der Waals surface area contributed by atoms with Gasteiger partial charge in [-0.05, 0) is 12.1 Å². The number of ether oxygens (including phenoxy) is 1. The van der Waals surface area contributed by atoms with Gasteiger partial charge in [-0.25, -0.2) is 0 Å². The van der Waals surface area contributed by atoms with Crippen molar-refractivity contribution in [3.63, 3.8) is 0 Å². The Bertz CT molecular complexity index is 561. The maximum Gasteiger partial charge on any atom is 0.261 e. The van der Waals surface area contributed by atoms with Crippen molar-refractivity contribution in [2.75, 3.05) is 19.7 Å². The van der Waals surface area contributed by atoms with E-state index in [4.69, 9.17) is 27.9 Å². The number of imide groups is 1. The zero-order valence-electron chi connectivity index (χ0n) is 10.2. The van der Waals surface area contributed by atoms with Gasteiger partial charge in [0.15, 0.2) is 6.61 Å². The van der Waals surface area contributed by atoms with E-state index in [9.17, 15) is 14.4 Å². The summed E-state index contributed by atoms with van der Waals surface area (Å²) in [5.74, 6) is -1.10. The van der Waals surface area contributed by atoms with E-state index >= 15 is 0 Å². The Hall–Kier alpha value is -1.79. The molecule has 8 heteroatoms. The van der Waals surface area contributed by atoms with Gasteiger partial charge < -0.3 is 9.64 Å². The van der Waals surface area contributed by atoms with E-state index < -0.39 is 17.7 Å². The normalized spacial score (nSPS) is 15.0. The van der Waals surface area contributed by atoms with Gasteiger partial charge in [0.1, 0.15) is 18.8 Å². The highest BCUT2D eigenvalue weighted by atomic mass is 35.5. The van der Waals surface area contributed by atoms with Gasteiger partial charge in [-0.3, -0.25) is 19.7 Å². The van der Waals surface area contributed by atoms with Crippen molar-refractivity contribution < 1.29 is 19.1 Å². The zero-order chi connectivity index (χ0) is 14.7. The fourth-order valence-electron chi connectivity index (χ4n) is 1.62. The molecule has 1 aromatic rings. The average molecular weight is 317 g/mol. The summed E-state index contributed by atoms with van der Waals surface area (Å²) in [7, 11) is 0. The lowest BCUT2D eigenvalue weighted by molar-refractivity contribution is -0.146. The fourth-order valence-corrected chi connectivity index (χ4v) is 1.90. The molecule has 1 fully saturated rings. The van der Waals surface area contributed by atoms with E-state index in [1.165, 1.54) is 6.07 Å². The molecule has 1 aromatic carbocycles. The highest BCUT2D eigenvalue weighted by molar-refractivity contribution is 6.42. The Morgan fingerprint density at radius 1 is 1.20 bits per heavy atom. The van der Waals surface area contributed by atoms with Crippen LogP contribution in [0, 0.1) is 0 Å². The lowest BCUT2D eigenvalue weighted by atomic mass is 10.3. The molecule has 0 atom stereocenters. The van der Waals surface area contributed by atoms with E-state index in [2.05, 4.69) is 5.32 Å². The number of hydrogen-bond acceptors (Lipinski definition) is 4. The number of amides is 3. The van der Waals surface area contributed by atoms with Crippen LogP contribution in [0.1, 0.15) is 0 Å². The second-order valence-electron chi connectivity index (χ2n) is 4.09. The number of rotatable bonds is 3. The lowest BCUT2D eigenvalue weighted by Crippen LogP contribution is -2.54. The molecule has 106 valence electrons. The Morgan fingerprint density at radius 3 is 2.45 bits per heavy atom. The molecule has 0 spiro atoms. The Balaban J connectivity index is 1.93. The summed E-state index contributed by atoms with van der Waals surface area (Å²) < 4.78 is 5.25. The van der Waals surface area contributed by atoms with Crippen LogP contribution in [-0.2, 0) is 14.4 Å². The Morgan fingerprint density at radius 2 is 1.85 bits per heavy atom. The summed E-state index contributed by atoms with van der Waals surface area (Å²) >= 11 is 11.6. The van der Waals surface area contributed by atoms with Crippen LogP contribution < -0.4 is 10.1 Å². The maximum absolute atomic E-state index is 11.8. The van der Waals surface area contributed by atoms with Crippen molar-refractivity contribution in [3.05, 3.63) is 28.2 Å². The van der Waals surface area contributed by atoms with Crippen LogP contribution in [0.2, 0.25) is 10.0 Å². The second-order valence-corrected chi connectivity index (χ2v) is 4.90. The molecule has 1 heterocycles. The molecular formula is C12H10Cl2N2O4. The number of nitrogens with zero attached hydrogens (tertiary/aromatic N) is 1. The summed E-state index contributed by atoms with van der Waals surface area (Å²) in [5.41, 5.74) is 0. The van der Waals surface area contributed by atoms with E-state index in [0.29, 0.717) is 15.8 Å². The number of piperazine rings is 1. The van der Waals surface area contributed by atoms with Gasteiger partial charge in [0, 0.05) is 6.07 Å². The third-order valence-corrected chi connectivity index (χ3v) is 3.29. The Labute approximate surface area is 124 Å². The smallest absolute Gasteiger partial charge is 0.261 e. The molecule has 1 aliphatic heterocycles. The molecule has 0 radical (unpaired) electrons. The van der Waals surface area contributed by atoms with Crippen molar-refractivity contribution in [1.82, 2.24) is 10.2 Å². The van der Waals surface area contributed by atoms with Crippen LogP contribution in [0.15, 0.2) is 18.2 Å². The third kappa shape index (κ3) is 3.61. The minimum Gasteiger partial charge on any atom is -0.484 e. The average Bonchev–Trinajstić information content (AvgIpc) is 2.38. The van der Waals surface area contributed by atoms with Crippen molar-refractivity contribution >= 4 is 40.9 Å². The molecule has 0 aromatic heterocycles. The largest absolute Gasteiger partial charge is 0.484 e. The van der Waals surface area contributed by atoms with Crippen LogP contribution in [0.4, 0.5) is 0 Å². The zero-order valence-corrected chi connectivity index (χ0v) is 11.7. The fraction of sp³-hybridized carbons (Fsp3) is 0.250. The van der Waals surface area contributed by atoms with Crippen molar-refractivity contribution in [2.45, 2.75) is 0 Å². The monoisotopic (exact) mass is 316 g/mol. The van der Waals surface area contributed by atoms with E-state index in [1.54, 1.807) is 12.1 Å². The highest BCUT2D eigenvalue weighted by Crippen LogP contribution is 2.26. The van der Waals surface area contributed by atoms with Gasteiger partial charge in [0.25, 0.3) is 5.91 Å². The SMILES string of the molecule is O=C1CN(C(=O)COc2ccc(Cl)c(Cl)c2)CC(=O)N1. The molecule has 0 saturated carbocycles. The minimum atomic E-state index is -0.510. The molecular weight excluding hydrogens is 307 g/mol. The number of nitrogens with one attached hydrogen (secondary N) is 1. The lowest BCUT2D eigenvalue weighted by Gasteiger charge is -2.25. The molecule has 1 N–H and O–H groups in total. The van der Waals surface area contributed by atoms with Gasteiger partial charge >= 0.3 is 0 Å². The van der Waals surface area contributed by atoms with E-state index in [1.807, 2.05) is 0 Å². The maximum atomic E-state index is 11.8. The van der Waals surface area contributed by atoms with Gasteiger partial charge in [-0.15, -0.1) is 0 Å². The summed E-state index contributed by atoms with van der Waals surface area (Å²) in [6.45, 7) is -0.608. The summed E-state index contributed by atoms with van der Waals surface area (Å²) in [6, 6.07) is 4.59. The summed E-state index contributed by atoms with van der Waals surface area (Å²) in [6.07, 6.45) is 0. The first-order valence-electron chi connectivity index (χ1n) is 5.64. The molecule has 20 heavy (non-hydrogen) atoms. The van der Waals surface area contributed by atoms with Crippen LogP contribution in [-0.4, -0.2) is 42.3 Å². The molecule has 0 aliphatic carbocycles. The van der Waals surface area contributed by atoms with Crippen LogP contribution in [0.5, 0.6) is 5.75 Å². The molecule has 0 unspecified atom stereocenters. The molecule has 0 bridgehead atoms. The summed E-state index contributed by atoms with van der Waals surface area (Å²) in [4.78, 5) is 35.2. The quantitative estimate of drug-likeness (QED) is 0.839. The van der Waals surface area contributed by atoms with Gasteiger partial charge in [0.05, 0.1) is 10.0 Å². The van der Waals surface area contributed by atoms with Gasteiger partial charge in [-0.2, -0.15) is 0 Å². The molecule has 3 amide bonds. The van der Waals surface area contributed by atoms with E-state index in [-0.39, 0.29) is 19.7 Å². The molecule has 1 saturated heterocycles. The number of hydrogen-bond donors (Lipinski definition) is 1. The predicted molar refractivity (Wildman–Crippen MR) is 71.7 cm³/mol. The van der Waals surface area contributed by atoms with Crippen molar-refractivity contribution in [2.24, 2.45) is 0 Å². The third-order valence-electron chi connectivity index (χ3n) is 2.55. The van der Waals surface area contributed by atoms with Gasteiger partial charge in [-0.1, -0.05) is 23.2 Å². The minimum absolute atomic E-state index is 0.157. The van der Waals surface area contributed by atoms with E-state index in [0.717, 1.165) is 4.90 Å². The highest BCUT2D eigenvalue weighted by Gasteiger charge is 2.26.